The highest BCUT2D eigenvalue weighted by atomic mass is 35.5. The molecule has 0 radical (unpaired) electrons. The van der Waals surface area contributed by atoms with E-state index < -0.39 is 11.4 Å². The van der Waals surface area contributed by atoms with Crippen molar-refractivity contribution in [3.8, 4) is 0 Å². The van der Waals surface area contributed by atoms with E-state index in [1.165, 1.54) is 0 Å². The van der Waals surface area contributed by atoms with Gasteiger partial charge in [-0.1, -0.05) is 17.7 Å². The second-order valence-corrected chi connectivity index (χ2v) is 8.14. The first-order chi connectivity index (χ1) is 8.23. The summed E-state index contributed by atoms with van der Waals surface area (Å²) in [6.45, 7) is 8.06. The highest BCUT2D eigenvalue weighted by Crippen LogP contribution is 2.41. The second-order valence-electron chi connectivity index (χ2n) is 5.54. The fourth-order valence-corrected chi connectivity index (χ4v) is 3.69. The first-order valence-corrected chi connectivity index (χ1v) is 7.37. The van der Waals surface area contributed by atoms with E-state index in [1.54, 1.807) is 6.07 Å². The first kappa shape index (κ1) is 14.1. The molecule has 0 amide bonds. The molecule has 0 fully saturated rings. The Labute approximate surface area is 115 Å². The molecule has 0 aromatic heterocycles. The summed E-state index contributed by atoms with van der Waals surface area (Å²) < 4.78 is 27.8. The van der Waals surface area contributed by atoms with Gasteiger partial charge in [0.2, 0.25) is 0 Å². The SMILES string of the molecule is CC1c2ccc(Cl)c(F)c2CN1[S+]([O-])C(C)(C)C. The van der Waals surface area contributed by atoms with E-state index in [9.17, 15) is 8.94 Å². The molecular weight excluding hydrogens is 273 g/mol. The molecule has 1 aromatic rings. The van der Waals surface area contributed by atoms with Gasteiger partial charge in [0.05, 0.1) is 17.6 Å². The smallest absolute Gasteiger partial charge is 0.146 e. The third kappa shape index (κ3) is 2.27. The number of fused-ring (bicyclic) bond motifs is 1. The summed E-state index contributed by atoms with van der Waals surface area (Å²) in [6, 6.07) is 3.34. The minimum absolute atomic E-state index is 0.0492. The Hall–Kier alpha value is -0.290. The van der Waals surface area contributed by atoms with Crippen molar-refractivity contribution in [1.82, 2.24) is 4.31 Å². The average molecular weight is 290 g/mol. The Bertz CT molecular complexity index is 475. The average Bonchev–Trinajstić information content (AvgIpc) is 2.60. The van der Waals surface area contributed by atoms with E-state index in [4.69, 9.17) is 11.6 Å². The van der Waals surface area contributed by atoms with E-state index in [0.29, 0.717) is 12.1 Å². The zero-order chi connectivity index (χ0) is 13.7. The van der Waals surface area contributed by atoms with Crippen LogP contribution in [0.2, 0.25) is 5.02 Å². The monoisotopic (exact) mass is 289 g/mol. The Morgan fingerprint density at radius 3 is 2.61 bits per heavy atom. The Morgan fingerprint density at radius 2 is 2.06 bits per heavy atom. The predicted molar refractivity (Wildman–Crippen MR) is 73.3 cm³/mol. The summed E-state index contributed by atoms with van der Waals surface area (Å²) in [5.74, 6) is -0.380. The lowest BCUT2D eigenvalue weighted by Crippen LogP contribution is -2.41. The van der Waals surface area contributed by atoms with Crippen LogP contribution in [0.3, 0.4) is 0 Å². The largest absolute Gasteiger partial charge is 0.597 e. The minimum atomic E-state index is -1.16. The van der Waals surface area contributed by atoms with Crippen LogP contribution < -0.4 is 0 Å². The normalized spacial score (nSPS) is 22.1. The van der Waals surface area contributed by atoms with Gasteiger partial charge in [-0.2, -0.15) is 0 Å². The second kappa shape index (κ2) is 4.67. The molecule has 0 saturated heterocycles. The van der Waals surface area contributed by atoms with Gasteiger partial charge in [-0.3, -0.25) is 0 Å². The molecule has 0 spiro atoms. The maximum atomic E-state index is 14.0. The van der Waals surface area contributed by atoms with Gasteiger partial charge in [0.25, 0.3) is 0 Å². The quantitative estimate of drug-likeness (QED) is 0.735. The molecule has 18 heavy (non-hydrogen) atoms. The van der Waals surface area contributed by atoms with Crippen LogP contribution in [0.15, 0.2) is 12.1 Å². The number of nitrogens with zero attached hydrogens (tertiary/aromatic N) is 1. The van der Waals surface area contributed by atoms with E-state index in [0.717, 1.165) is 5.56 Å². The van der Waals surface area contributed by atoms with E-state index >= 15 is 0 Å². The Balaban J connectivity index is 2.36. The Kier molecular flexibility index (Phi) is 3.67. The summed E-state index contributed by atoms with van der Waals surface area (Å²) in [6.07, 6.45) is 0. The van der Waals surface area contributed by atoms with Crippen molar-refractivity contribution in [2.75, 3.05) is 0 Å². The number of halogens is 2. The van der Waals surface area contributed by atoms with Crippen molar-refractivity contribution in [3.05, 3.63) is 34.1 Å². The summed E-state index contributed by atoms with van der Waals surface area (Å²) in [5.41, 5.74) is 1.46. The molecule has 2 rings (SSSR count). The highest BCUT2D eigenvalue weighted by Gasteiger charge is 2.42. The number of rotatable bonds is 1. The molecule has 1 heterocycles. The zero-order valence-electron chi connectivity index (χ0n) is 11.0. The van der Waals surface area contributed by atoms with Gasteiger partial charge < -0.3 is 4.55 Å². The van der Waals surface area contributed by atoms with Gasteiger partial charge in [0.1, 0.15) is 10.6 Å². The Morgan fingerprint density at radius 1 is 1.44 bits per heavy atom. The third-order valence-corrected chi connectivity index (χ3v) is 5.38. The predicted octanol–water partition coefficient (Wildman–Crippen LogP) is 3.82. The van der Waals surface area contributed by atoms with Crippen LogP contribution in [0, 0.1) is 5.82 Å². The fraction of sp³-hybridized carbons (Fsp3) is 0.538. The van der Waals surface area contributed by atoms with Crippen LogP contribution in [0.4, 0.5) is 4.39 Å². The molecule has 2 atom stereocenters. The van der Waals surface area contributed by atoms with Crippen LogP contribution in [0.25, 0.3) is 0 Å². The third-order valence-electron chi connectivity index (χ3n) is 3.17. The maximum absolute atomic E-state index is 14.0. The van der Waals surface area contributed by atoms with E-state index in [2.05, 4.69) is 0 Å². The number of hydrogen-bond donors (Lipinski definition) is 0. The van der Waals surface area contributed by atoms with Crippen LogP contribution >= 0.6 is 11.6 Å². The van der Waals surface area contributed by atoms with Gasteiger partial charge in [-0.25, -0.2) is 4.39 Å². The molecule has 1 aliphatic rings. The lowest BCUT2D eigenvalue weighted by molar-refractivity contribution is 0.354. The summed E-state index contributed by atoms with van der Waals surface area (Å²) in [7, 11) is 0. The lowest BCUT2D eigenvalue weighted by Gasteiger charge is -2.32. The molecule has 2 unspecified atom stereocenters. The van der Waals surface area contributed by atoms with Crippen molar-refractivity contribution in [2.24, 2.45) is 0 Å². The molecule has 100 valence electrons. The summed E-state index contributed by atoms with van der Waals surface area (Å²) in [5, 5.41) is 0.129. The van der Waals surface area contributed by atoms with E-state index in [-0.39, 0.29) is 21.6 Å². The van der Waals surface area contributed by atoms with E-state index in [1.807, 2.05) is 38.1 Å². The van der Waals surface area contributed by atoms with Gasteiger partial charge >= 0.3 is 0 Å². The van der Waals surface area contributed by atoms with Crippen LogP contribution in [0.1, 0.15) is 44.9 Å². The zero-order valence-corrected chi connectivity index (χ0v) is 12.5. The molecule has 0 aliphatic carbocycles. The first-order valence-electron chi connectivity index (χ1n) is 5.89. The molecule has 5 heteroatoms. The van der Waals surface area contributed by atoms with Crippen molar-refractivity contribution in [1.29, 1.82) is 0 Å². The standard InChI is InChI=1S/C13H17ClFNOS/c1-8-9-5-6-11(14)12(15)10(9)7-16(8)18(17)13(2,3)4/h5-6,8H,7H2,1-4H3. The maximum Gasteiger partial charge on any atom is 0.146 e. The summed E-state index contributed by atoms with van der Waals surface area (Å²) in [4.78, 5) is 0. The molecular formula is C13H17ClFNOS. The van der Waals surface area contributed by atoms with Crippen LogP contribution in [0.5, 0.6) is 0 Å². The van der Waals surface area contributed by atoms with Crippen molar-refractivity contribution in [3.63, 3.8) is 0 Å². The highest BCUT2D eigenvalue weighted by molar-refractivity contribution is 7.90. The van der Waals surface area contributed by atoms with Crippen molar-refractivity contribution in [2.45, 2.75) is 45.0 Å². The molecule has 1 aliphatic heterocycles. The van der Waals surface area contributed by atoms with Crippen LogP contribution in [-0.2, 0) is 17.9 Å². The number of hydrogen-bond acceptors (Lipinski definition) is 2. The van der Waals surface area contributed by atoms with Crippen molar-refractivity contribution >= 4 is 23.0 Å². The lowest BCUT2D eigenvalue weighted by atomic mass is 10.1. The number of benzene rings is 1. The van der Waals surface area contributed by atoms with Crippen molar-refractivity contribution < 1.29 is 8.94 Å². The fourth-order valence-electron chi connectivity index (χ4n) is 2.16. The van der Waals surface area contributed by atoms with Gasteiger partial charge in [-0.15, -0.1) is 4.31 Å². The topological polar surface area (TPSA) is 26.3 Å². The summed E-state index contributed by atoms with van der Waals surface area (Å²) >= 11 is 4.63. The van der Waals surface area contributed by atoms with Gasteiger partial charge in [0, 0.05) is 16.9 Å². The van der Waals surface area contributed by atoms with Crippen LogP contribution in [-0.4, -0.2) is 13.6 Å². The van der Waals surface area contributed by atoms with Gasteiger partial charge in [0.15, 0.2) is 0 Å². The van der Waals surface area contributed by atoms with Gasteiger partial charge in [-0.05, 0) is 39.3 Å². The molecule has 0 N–H and O–H groups in total. The molecule has 1 aromatic carbocycles. The minimum Gasteiger partial charge on any atom is -0.597 e. The molecule has 2 nitrogen and oxygen atoms in total. The molecule has 0 saturated carbocycles. The molecule has 0 bridgehead atoms.